The van der Waals surface area contributed by atoms with Gasteiger partial charge in [-0.2, -0.15) is 0 Å². The van der Waals surface area contributed by atoms with Gasteiger partial charge in [-0.3, -0.25) is 0 Å². The third kappa shape index (κ3) is 2.72. The summed E-state index contributed by atoms with van der Waals surface area (Å²) in [6.07, 6.45) is 4.03. The molecule has 0 atom stereocenters. The first kappa shape index (κ1) is 14.2. The summed E-state index contributed by atoms with van der Waals surface area (Å²) in [5.41, 5.74) is 11.6. The molecule has 0 bridgehead atoms. The van der Waals surface area contributed by atoms with Gasteiger partial charge in [0, 0.05) is 12.0 Å². The first-order valence-electron chi connectivity index (χ1n) is 6.37. The van der Waals surface area contributed by atoms with Crippen LogP contribution in [0.1, 0.15) is 25.7 Å². The summed E-state index contributed by atoms with van der Waals surface area (Å²) in [4.78, 5) is 0. The van der Waals surface area contributed by atoms with Crippen LogP contribution in [0.3, 0.4) is 0 Å². The lowest BCUT2D eigenvalue weighted by atomic mass is 9.87. The van der Waals surface area contributed by atoms with Gasteiger partial charge < -0.3 is 21.9 Å². The Morgan fingerprint density at radius 2 is 1.95 bits per heavy atom. The molecule has 106 valence electrons. The van der Waals surface area contributed by atoms with E-state index in [2.05, 4.69) is 5.32 Å². The molecule has 0 spiro atoms. The van der Waals surface area contributed by atoms with Gasteiger partial charge in [0.1, 0.15) is 5.02 Å². The maximum atomic E-state index is 14.0. The Balaban J connectivity index is 2.18. The van der Waals surface area contributed by atoms with Crippen LogP contribution in [0.25, 0.3) is 0 Å². The van der Waals surface area contributed by atoms with Crippen LogP contribution in [-0.2, 0) is 0 Å². The number of hydrogen-bond donors (Lipinski definition) is 4. The van der Waals surface area contributed by atoms with Crippen LogP contribution >= 0.6 is 11.6 Å². The lowest BCUT2D eigenvalue weighted by Crippen LogP contribution is -2.31. The van der Waals surface area contributed by atoms with Crippen molar-refractivity contribution in [3.8, 4) is 0 Å². The Hall–Kier alpha value is -1.20. The van der Waals surface area contributed by atoms with Crippen LogP contribution in [0.5, 0.6) is 0 Å². The quantitative estimate of drug-likeness (QED) is 0.641. The SMILES string of the molecule is Nc1cc(N)c(NCC2(CO)CCCC2)c(F)c1Cl. The minimum atomic E-state index is -0.634. The fourth-order valence-corrected chi connectivity index (χ4v) is 2.79. The highest BCUT2D eigenvalue weighted by molar-refractivity contribution is 6.33. The van der Waals surface area contributed by atoms with E-state index in [4.69, 9.17) is 23.1 Å². The van der Waals surface area contributed by atoms with Crippen molar-refractivity contribution in [3.63, 3.8) is 0 Å². The molecule has 1 aliphatic carbocycles. The fraction of sp³-hybridized carbons (Fsp3) is 0.538. The Labute approximate surface area is 116 Å². The molecule has 2 rings (SSSR count). The standard InChI is InChI=1S/C13H19ClFN3O/c14-10-8(16)5-9(17)12(11(10)15)18-6-13(7-19)3-1-2-4-13/h5,18-19H,1-4,6-7,16-17H2. The molecule has 0 heterocycles. The van der Waals surface area contributed by atoms with E-state index in [1.54, 1.807) is 0 Å². The van der Waals surface area contributed by atoms with Gasteiger partial charge in [-0.25, -0.2) is 4.39 Å². The Bertz CT molecular complexity index is 475. The highest BCUT2D eigenvalue weighted by Gasteiger charge is 2.33. The number of anilines is 3. The van der Waals surface area contributed by atoms with Gasteiger partial charge in [-0.15, -0.1) is 0 Å². The van der Waals surface area contributed by atoms with Crippen LogP contribution in [-0.4, -0.2) is 18.3 Å². The number of benzene rings is 1. The van der Waals surface area contributed by atoms with Gasteiger partial charge in [0.05, 0.1) is 23.7 Å². The van der Waals surface area contributed by atoms with Gasteiger partial charge in [0.15, 0.2) is 5.82 Å². The average molecular weight is 288 g/mol. The van der Waals surface area contributed by atoms with E-state index in [-0.39, 0.29) is 34.1 Å². The zero-order chi connectivity index (χ0) is 14.0. The number of halogens is 2. The summed E-state index contributed by atoms with van der Waals surface area (Å²) >= 11 is 5.77. The lowest BCUT2D eigenvalue weighted by molar-refractivity contribution is 0.142. The summed E-state index contributed by atoms with van der Waals surface area (Å²) in [7, 11) is 0. The normalized spacial score (nSPS) is 17.6. The molecule has 1 fully saturated rings. The van der Waals surface area contributed by atoms with E-state index >= 15 is 0 Å². The number of hydrogen-bond acceptors (Lipinski definition) is 4. The molecular weight excluding hydrogens is 269 g/mol. The summed E-state index contributed by atoms with van der Waals surface area (Å²) in [5, 5.41) is 12.4. The summed E-state index contributed by atoms with van der Waals surface area (Å²) in [6, 6.07) is 1.44. The lowest BCUT2D eigenvalue weighted by Gasteiger charge is -2.27. The van der Waals surface area contributed by atoms with Crippen molar-refractivity contribution in [1.82, 2.24) is 0 Å². The highest BCUT2D eigenvalue weighted by Crippen LogP contribution is 2.39. The Kier molecular flexibility index (Phi) is 4.06. The minimum Gasteiger partial charge on any atom is -0.397 e. The topological polar surface area (TPSA) is 84.3 Å². The maximum Gasteiger partial charge on any atom is 0.169 e. The summed E-state index contributed by atoms with van der Waals surface area (Å²) in [6.45, 7) is 0.565. The molecule has 0 amide bonds. The average Bonchev–Trinajstić information content (AvgIpc) is 2.85. The van der Waals surface area contributed by atoms with E-state index in [1.165, 1.54) is 6.07 Å². The second-order valence-electron chi connectivity index (χ2n) is 5.28. The van der Waals surface area contributed by atoms with Crippen LogP contribution in [0.2, 0.25) is 5.02 Å². The summed E-state index contributed by atoms with van der Waals surface area (Å²) in [5.74, 6) is -0.634. The second kappa shape index (κ2) is 5.43. The van der Waals surface area contributed by atoms with E-state index in [9.17, 15) is 9.50 Å². The predicted molar refractivity (Wildman–Crippen MR) is 76.7 cm³/mol. The molecule has 0 unspecified atom stereocenters. The van der Waals surface area contributed by atoms with Crippen molar-refractivity contribution in [3.05, 3.63) is 16.9 Å². The third-order valence-corrected chi connectivity index (χ3v) is 4.29. The van der Waals surface area contributed by atoms with Gasteiger partial charge in [0.25, 0.3) is 0 Å². The van der Waals surface area contributed by atoms with E-state index < -0.39 is 5.82 Å². The van der Waals surface area contributed by atoms with E-state index in [0.717, 1.165) is 25.7 Å². The molecule has 6 heteroatoms. The zero-order valence-corrected chi connectivity index (χ0v) is 11.4. The molecule has 6 N–H and O–H groups in total. The first-order chi connectivity index (χ1) is 8.99. The van der Waals surface area contributed by atoms with Gasteiger partial charge >= 0.3 is 0 Å². The Morgan fingerprint density at radius 3 is 2.53 bits per heavy atom. The number of aliphatic hydroxyl groups excluding tert-OH is 1. The molecule has 19 heavy (non-hydrogen) atoms. The van der Waals surface area contributed by atoms with Crippen molar-refractivity contribution >= 4 is 28.7 Å². The monoisotopic (exact) mass is 287 g/mol. The molecule has 0 radical (unpaired) electrons. The second-order valence-corrected chi connectivity index (χ2v) is 5.65. The fourth-order valence-electron chi connectivity index (χ4n) is 2.64. The van der Waals surface area contributed by atoms with Crippen LogP contribution in [0.15, 0.2) is 6.07 Å². The van der Waals surface area contributed by atoms with Crippen molar-refractivity contribution in [2.75, 3.05) is 29.9 Å². The molecule has 0 aromatic heterocycles. The van der Waals surface area contributed by atoms with Crippen molar-refractivity contribution < 1.29 is 9.50 Å². The number of nitrogens with one attached hydrogen (secondary N) is 1. The van der Waals surface area contributed by atoms with Gasteiger partial charge in [-0.05, 0) is 18.9 Å². The van der Waals surface area contributed by atoms with Gasteiger partial charge in [-0.1, -0.05) is 24.4 Å². The first-order valence-corrected chi connectivity index (χ1v) is 6.74. The van der Waals surface area contributed by atoms with E-state index in [0.29, 0.717) is 6.54 Å². The van der Waals surface area contributed by atoms with Crippen molar-refractivity contribution in [2.24, 2.45) is 5.41 Å². The molecule has 4 nitrogen and oxygen atoms in total. The number of aliphatic hydroxyl groups is 1. The van der Waals surface area contributed by atoms with Gasteiger partial charge in [0.2, 0.25) is 0 Å². The molecule has 1 aliphatic rings. The highest BCUT2D eigenvalue weighted by atomic mass is 35.5. The molecule has 1 aromatic carbocycles. The number of rotatable bonds is 4. The van der Waals surface area contributed by atoms with E-state index in [1.807, 2.05) is 0 Å². The smallest absolute Gasteiger partial charge is 0.169 e. The molecular formula is C13H19ClFN3O. The predicted octanol–water partition coefficient (Wildman–Crippen LogP) is 2.61. The zero-order valence-electron chi connectivity index (χ0n) is 10.7. The molecule has 1 saturated carbocycles. The Morgan fingerprint density at radius 1 is 1.32 bits per heavy atom. The summed E-state index contributed by atoms with van der Waals surface area (Å²) < 4.78 is 14.0. The largest absolute Gasteiger partial charge is 0.397 e. The van der Waals surface area contributed by atoms with Crippen molar-refractivity contribution in [1.29, 1.82) is 0 Å². The molecule has 1 aromatic rings. The van der Waals surface area contributed by atoms with Crippen LogP contribution < -0.4 is 16.8 Å². The molecule has 0 aliphatic heterocycles. The minimum absolute atomic E-state index is 0.0875. The number of nitrogens with two attached hydrogens (primary N) is 2. The molecule has 0 saturated heterocycles. The van der Waals surface area contributed by atoms with Crippen LogP contribution in [0, 0.1) is 11.2 Å². The maximum absolute atomic E-state index is 14.0. The van der Waals surface area contributed by atoms with Crippen molar-refractivity contribution in [2.45, 2.75) is 25.7 Å². The number of nitrogen functional groups attached to an aromatic ring is 2. The third-order valence-electron chi connectivity index (χ3n) is 3.91. The van der Waals surface area contributed by atoms with Crippen LogP contribution in [0.4, 0.5) is 21.5 Å².